The van der Waals surface area contributed by atoms with Gasteiger partial charge in [0.25, 0.3) is 5.56 Å². The summed E-state index contributed by atoms with van der Waals surface area (Å²) >= 11 is 0. The van der Waals surface area contributed by atoms with Gasteiger partial charge in [0.15, 0.2) is 5.78 Å². The molecule has 2 aromatic rings. The van der Waals surface area contributed by atoms with Crippen LogP contribution in [0.25, 0.3) is 0 Å². The third-order valence-electron chi connectivity index (χ3n) is 4.14. The van der Waals surface area contributed by atoms with Crippen LogP contribution in [0.5, 0.6) is 0 Å². The zero-order valence-corrected chi connectivity index (χ0v) is 11.3. The lowest BCUT2D eigenvalue weighted by Gasteiger charge is -2.31. The first kappa shape index (κ1) is 12.1. The second-order valence-electron chi connectivity index (χ2n) is 5.38. The third kappa shape index (κ3) is 1.75. The lowest BCUT2D eigenvalue weighted by atomic mass is 9.77. The number of pyridine rings is 1. The lowest BCUT2D eigenvalue weighted by molar-refractivity contribution is -0.116. The second-order valence-corrected chi connectivity index (χ2v) is 5.38. The van der Waals surface area contributed by atoms with E-state index in [0.717, 1.165) is 24.1 Å². The number of anilines is 1. The number of hydrogen-bond acceptors (Lipinski definition) is 4. The Morgan fingerprint density at radius 1 is 1.19 bits per heavy atom. The highest BCUT2D eigenvalue weighted by molar-refractivity contribution is 6.00. The summed E-state index contributed by atoms with van der Waals surface area (Å²) in [6.07, 6.45) is 5.61. The average molecular weight is 282 g/mol. The normalized spacial score (nSPS) is 20.8. The summed E-state index contributed by atoms with van der Waals surface area (Å²) in [5.74, 6) is 0.430. The summed E-state index contributed by atoms with van der Waals surface area (Å²) in [7, 11) is 0. The van der Waals surface area contributed by atoms with Gasteiger partial charge in [-0.3, -0.25) is 24.8 Å². The highest BCUT2D eigenvalue weighted by Gasteiger charge is 2.37. The number of carbonyl (C=O) groups excluding carboxylic acids is 1. The largest absolute Gasteiger partial charge is 0.343 e. The van der Waals surface area contributed by atoms with Gasteiger partial charge < -0.3 is 5.32 Å². The highest BCUT2D eigenvalue weighted by atomic mass is 16.1. The minimum absolute atomic E-state index is 0.115. The number of carbonyl (C=O) groups is 1. The Labute approximate surface area is 120 Å². The lowest BCUT2D eigenvalue weighted by Crippen LogP contribution is -2.29. The molecule has 2 aliphatic rings. The number of nitrogens with one attached hydrogen (secondary N) is 3. The van der Waals surface area contributed by atoms with Crippen LogP contribution in [0.15, 0.2) is 40.6 Å². The Morgan fingerprint density at radius 3 is 2.90 bits per heavy atom. The van der Waals surface area contributed by atoms with E-state index in [1.807, 2.05) is 12.1 Å². The maximum Gasteiger partial charge on any atom is 0.270 e. The predicted octanol–water partition coefficient (Wildman–Crippen LogP) is 1.66. The van der Waals surface area contributed by atoms with Gasteiger partial charge in [-0.2, -0.15) is 0 Å². The minimum atomic E-state index is -0.340. The van der Waals surface area contributed by atoms with Gasteiger partial charge in [-0.15, -0.1) is 0 Å². The second kappa shape index (κ2) is 4.44. The van der Waals surface area contributed by atoms with Crippen LogP contribution >= 0.6 is 0 Å². The molecule has 0 fully saturated rings. The molecule has 0 aromatic carbocycles. The van der Waals surface area contributed by atoms with Crippen LogP contribution in [0.1, 0.15) is 36.3 Å². The van der Waals surface area contributed by atoms with Gasteiger partial charge in [-0.25, -0.2) is 0 Å². The van der Waals surface area contributed by atoms with E-state index in [4.69, 9.17) is 0 Å². The number of rotatable bonds is 1. The summed E-state index contributed by atoms with van der Waals surface area (Å²) in [5, 5.41) is 8.66. The molecule has 6 nitrogen and oxygen atoms in total. The fourth-order valence-corrected chi connectivity index (χ4v) is 3.25. The highest BCUT2D eigenvalue weighted by Crippen LogP contribution is 2.42. The van der Waals surface area contributed by atoms with Crippen LogP contribution in [0.4, 0.5) is 5.82 Å². The molecule has 4 rings (SSSR count). The van der Waals surface area contributed by atoms with Crippen molar-refractivity contribution < 1.29 is 4.79 Å². The van der Waals surface area contributed by atoms with E-state index in [-0.39, 0.29) is 17.3 Å². The van der Waals surface area contributed by atoms with Crippen LogP contribution in [-0.2, 0) is 4.79 Å². The predicted molar refractivity (Wildman–Crippen MR) is 77.0 cm³/mol. The van der Waals surface area contributed by atoms with Crippen molar-refractivity contribution in [3.8, 4) is 0 Å². The molecule has 106 valence electrons. The van der Waals surface area contributed by atoms with E-state index in [9.17, 15) is 9.59 Å². The Balaban J connectivity index is 1.98. The topological polar surface area (TPSA) is 90.6 Å². The van der Waals surface area contributed by atoms with Gasteiger partial charge in [0.2, 0.25) is 0 Å². The maximum absolute atomic E-state index is 12.4. The number of aromatic amines is 2. The molecule has 0 saturated carbocycles. The summed E-state index contributed by atoms with van der Waals surface area (Å²) < 4.78 is 0. The molecule has 1 aliphatic carbocycles. The van der Waals surface area contributed by atoms with Crippen LogP contribution in [0, 0.1) is 0 Å². The standard InChI is InChI=1S/C15H14N4O2/c20-10-5-1-4-9-12(10)11(8-3-2-6-16-7-8)13-14(17-9)18-19-15(13)21/h2-3,6-7,11H,1,4-5H2,(H3,17,18,19,21)/t11-/m0/s1. The molecule has 3 N–H and O–H groups in total. The molecule has 0 spiro atoms. The van der Waals surface area contributed by atoms with Crippen LogP contribution in [0.2, 0.25) is 0 Å². The van der Waals surface area contributed by atoms with Crippen LogP contribution < -0.4 is 10.9 Å². The van der Waals surface area contributed by atoms with Gasteiger partial charge in [0.05, 0.1) is 5.56 Å². The molecule has 6 heteroatoms. The molecule has 21 heavy (non-hydrogen) atoms. The molecule has 1 atom stereocenters. The average Bonchev–Trinajstić information content (AvgIpc) is 2.88. The van der Waals surface area contributed by atoms with Gasteiger partial charge in [-0.1, -0.05) is 6.07 Å². The van der Waals surface area contributed by atoms with E-state index in [1.54, 1.807) is 12.4 Å². The molecule has 0 saturated heterocycles. The SMILES string of the molecule is O=C1CCCC2=C1[C@H](c1cccnc1)c1c([nH][nH]c1=O)N2. The molecule has 0 amide bonds. The number of fused-ring (bicyclic) bond motifs is 1. The Kier molecular flexibility index (Phi) is 2.57. The monoisotopic (exact) mass is 282 g/mol. The molecule has 3 heterocycles. The van der Waals surface area contributed by atoms with Crippen molar-refractivity contribution in [2.24, 2.45) is 0 Å². The van der Waals surface area contributed by atoms with Crippen molar-refractivity contribution >= 4 is 11.6 Å². The molecular formula is C15H14N4O2. The van der Waals surface area contributed by atoms with Crippen molar-refractivity contribution in [2.75, 3.05) is 5.32 Å². The summed E-state index contributed by atoms with van der Waals surface area (Å²) in [6.45, 7) is 0. The van der Waals surface area contributed by atoms with E-state index in [0.29, 0.717) is 23.4 Å². The van der Waals surface area contributed by atoms with E-state index in [2.05, 4.69) is 20.5 Å². The maximum atomic E-state index is 12.4. The number of hydrogen-bond donors (Lipinski definition) is 3. The number of ketones is 1. The first-order chi connectivity index (χ1) is 10.3. The fraction of sp³-hybridized carbons (Fsp3) is 0.267. The summed E-state index contributed by atoms with van der Waals surface area (Å²) in [5.41, 5.74) is 2.87. The molecule has 1 aliphatic heterocycles. The van der Waals surface area contributed by atoms with Crippen molar-refractivity contribution in [1.29, 1.82) is 0 Å². The Morgan fingerprint density at radius 2 is 2.10 bits per heavy atom. The van der Waals surface area contributed by atoms with Crippen molar-refractivity contribution in [3.05, 3.63) is 57.3 Å². The number of Topliss-reactive ketones (excluding diaryl/α,β-unsaturated/α-hetero) is 1. The van der Waals surface area contributed by atoms with Gasteiger partial charge in [-0.05, 0) is 24.5 Å². The number of nitrogens with zero attached hydrogens (tertiary/aromatic N) is 1. The van der Waals surface area contributed by atoms with Gasteiger partial charge in [0.1, 0.15) is 5.82 Å². The van der Waals surface area contributed by atoms with Crippen molar-refractivity contribution in [1.82, 2.24) is 15.2 Å². The number of aromatic nitrogens is 3. The smallest absolute Gasteiger partial charge is 0.270 e. The van der Waals surface area contributed by atoms with Crippen LogP contribution in [-0.4, -0.2) is 21.0 Å². The third-order valence-corrected chi connectivity index (χ3v) is 4.14. The number of allylic oxidation sites excluding steroid dienone is 2. The zero-order chi connectivity index (χ0) is 14.4. The van der Waals surface area contributed by atoms with E-state index < -0.39 is 0 Å². The zero-order valence-electron chi connectivity index (χ0n) is 11.3. The molecule has 0 radical (unpaired) electrons. The fourth-order valence-electron chi connectivity index (χ4n) is 3.25. The summed E-state index contributed by atoms with van der Waals surface area (Å²) in [6, 6.07) is 3.73. The Bertz CT molecular complexity index is 801. The quantitative estimate of drug-likeness (QED) is 0.742. The van der Waals surface area contributed by atoms with Gasteiger partial charge >= 0.3 is 0 Å². The van der Waals surface area contributed by atoms with Crippen LogP contribution in [0.3, 0.4) is 0 Å². The molecule has 2 aromatic heterocycles. The summed E-state index contributed by atoms with van der Waals surface area (Å²) in [4.78, 5) is 28.7. The minimum Gasteiger partial charge on any atom is -0.343 e. The van der Waals surface area contributed by atoms with Crippen molar-refractivity contribution in [2.45, 2.75) is 25.2 Å². The molecule has 0 unspecified atom stereocenters. The first-order valence-electron chi connectivity index (χ1n) is 6.99. The molecule has 0 bridgehead atoms. The van der Waals surface area contributed by atoms with Crippen molar-refractivity contribution in [3.63, 3.8) is 0 Å². The van der Waals surface area contributed by atoms with E-state index >= 15 is 0 Å². The first-order valence-corrected chi connectivity index (χ1v) is 6.99. The number of H-pyrrole nitrogens is 2. The van der Waals surface area contributed by atoms with Gasteiger partial charge in [0, 0.05) is 36.0 Å². The van der Waals surface area contributed by atoms with E-state index in [1.165, 1.54) is 0 Å². The molecular weight excluding hydrogens is 268 g/mol. The Hall–Kier alpha value is -2.63.